The van der Waals surface area contributed by atoms with Crippen LogP contribution in [-0.4, -0.2) is 59.0 Å². The average molecular weight is 511 g/mol. The van der Waals surface area contributed by atoms with Gasteiger partial charge in [-0.25, -0.2) is 4.79 Å². The van der Waals surface area contributed by atoms with E-state index in [2.05, 4.69) is 10.6 Å². The first kappa shape index (κ1) is 29.4. The number of nitrogens with one attached hydrogen (secondary N) is 2. The van der Waals surface area contributed by atoms with Crippen LogP contribution in [0.2, 0.25) is 0 Å². The number of amides is 4. The Balaban J connectivity index is 2.24. The first-order valence-electron chi connectivity index (χ1n) is 12.7. The highest BCUT2D eigenvalue weighted by Gasteiger charge is 2.30. The number of rotatable bonds is 14. The number of carbonyl (C=O) groups excluding carboxylic acids is 3. The van der Waals surface area contributed by atoms with Gasteiger partial charge in [0.2, 0.25) is 11.8 Å². The number of anilines is 2. The highest BCUT2D eigenvalue weighted by molar-refractivity contribution is 5.99. The van der Waals surface area contributed by atoms with Gasteiger partial charge in [0.05, 0.1) is 0 Å². The molecule has 9 heteroatoms. The van der Waals surface area contributed by atoms with Crippen molar-refractivity contribution in [3.05, 3.63) is 60.7 Å². The van der Waals surface area contributed by atoms with Crippen molar-refractivity contribution in [3.63, 3.8) is 0 Å². The second kappa shape index (κ2) is 15.3. The topological polar surface area (TPSA) is 119 Å². The maximum atomic E-state index is 13.6. The second-order valence-corrected chi connectivity index (χ2v) is 9.11. The number of carboxylic acid groups (broad SMARTS) is 1. The number of urea groups is 1. The minimum absolute atomic E-state index is 0.0958. The van der Waals surface area contributed by atoms with Crippen molar-refractivity contribution in [2.24, 2.45) is 0 Å². The number of unbranched alkanes of at least 4 members (excludes halogenated alkanes) is 2. The van der Waals surface area contributed by atoms with Crippen molar-refractivity contribution in [2.75, 3.05) is 23.3 Å². The number of hydrogen-bond donors (Lipinski definition) is 3. The fourth-order valence-corrected chi connectivity index (χ4v) is 3.97. The van der Waals surface area contributed by atoms with Crippen LogP contribution in [0.25, 0.3) is 0 Å². The fraction of sp³-hybridized carbons (Fsp3) is 0.429. The third kappa shape index (κ3) is 9.95. The van der Waals surface area contributed by atoms with Crippen molar-refractivity contribution in [1.82, 2.24) is 10.2 Å². The first-order chi connectivity index (χ1) is 17.7. The van der Waals surface area contributed by atoms with Crippen LogP contribution in [0.1, 0.15) is 52.9 Å². The summed E-state index contributed by atoms with van der Waals surface area (Å²) in [6.07, 6.45) is 2.08. The zero-order chi connectivity index (χ0) is 27.2. The monoisotopic (exact) mass is 510 g/mol. The lowest BCUT2D eigenvalue weighted by Gasteiger charge is -2.32. The predicted molar refractivity (Wildman–Crippen MR) is 144 cm³/mol. The summed E-state index contributed by atoms with van der Waals surface area (Å²) in [4.78, 5) is 54.0. The minimum atomic E-state index is -1.10. The molecule has 0 saturated heterocycles. The zero-order valence-corrected chi connectivity index (χ0v) is 21.9. The van der Waals surface area contributed by atoms with E-state index in [4.69, 9.17) is 0 Å². The molecule has 2 aromatic rings. The minimum Gasteiger partial charge on any atom is -0.481 e. The SMILES string of the molecule is CCCCCN(CC(=O)N(c1ccccc1)C(C)C)C(=O)[C@@H](CCC(=O)O)NC(=O)Nc1ccccc1. The largest absolute Gasteiger partial charge is 0.481 e. The molecular formula is C28H38N4O5. The molecule has 0 radical (unpaired) electrons. The molecule has 0 heterocycles. The highest BCUT2D eigenvalue weighted by atomic mass is 16.4. The van der Waals surface area contributed by atoms with Crippen LogP contribution in [-0.2, 0) is 14.4 Å². The zero-order valence-electron chi connectivity index (χ0n) is 21.9. The Hall–Kier alpha value is -3.88. The molecule has 4 amide bonds. The Labute approximate surface area is 218 Å². The van der Waals surface area contributed by atoms with E-state index in [-0.39, 0.29) is 31.3 Å². The molecule has 200 valence electrons. The van der Waals surface area contributed by atoms with Crippen molar-refractivity contribution in [1.29, 1.82) is 0 Å². The lowest BCUT2D eigenvalue weighted by atomic mass is 10.1. The molecule has 0 fully saturated rings. The molecule has 3 N–H and O–H groups in total. The molecular weight excluding hydrogens is 472 g/mol. The number of carboxylic acids is 1. The van der Waals surface area contributed by atoms with E-state index >= 15 is 0 Å². The third-order valence-corrected chi connectivity index (χ3v) is 5.77. The van der Waals surface area contributed by atoms with Crippen LogP contribution in [0.3, 0.4) is 0 Å². The number of carbonyl (C=O) groups is 4. The van der Waals surface area contributed by atoms with Crippen LogP contribution < -0.4 is 15.5 Å². The van der Waals surface area contributed by atoms with Gasteiger partial charge in [-0.3, -0.25) is 14.4 Å². The number of para-hydroxylation sites is 2. The average Bonchev–Trinajstić information content (AvgIpc) is 2.86. The van der Waals surface area contributed by atoms with E-state index in [1.807, 2.05) is 57.2 Å². The summed E-state index contributed by atoms with van der Waals surface area (Å²) in [5, 5.41) is 14.5. The molecule has 0 aliphatic carbocycles. The van der Waals surface area contributed by atoms with Crippen molar-refractivity contribution in [3.8, 4) is 0 Å². The number of benzene rings is 2. The Bertz CT molecular complexity index is 1010. The van der Waals surface area contributed by atoms with E-state index in [1.54, 1.807) is 29.2 Å². The van der Waals surface area contributed by atoms with E-state index in [9.17, 15) is 24.3 Å². The Morgan fingerprint density at radius 2 is 1.54 bits per heavy atom. The maximum Gasteiger partial charge on any atom is 0.319 e. The summed E-state index contributed by atoms with van der Waals surface area (Å²) >= 11 is 0. The van der Waals surface area contributed by atoms with Gasteiger partial charge in [0.25, 0.3) is 0 Å². The summed E-state index contributed by atoms with van der Waals surface area (Å²) in [5.74, 6) is -1.81. The number of aliphatic carboxylic acids is 1. The molecule has 0 saturated carbocycles. The predicted octanol–water partition coefficient (Wildman–Crippen LogP) is 4.50. The van der Waals surface area contributed by atoms with Crippen LogP contribution >= 0.6 is 0 Å². The van der Waals surface area contributed by atoms with Gasteiger partial charge < -0.3 is 25.5 Å². The van der Waals surface area contributed by atoms with Crippen LogP contribution in [0, 0.1) is 0 Å². The van der Waals surface area contributed by atoms with Gasteiger partial charge in [-0.1, -0.05) is 56.2 Å². The Morgan fingerprint density at radius 3 is 2.11 bits per heavy atom. The summed E-state index contributed by atoms with van der Waals surface area (Å²) in [7, 11) is 0. The fourth-order valence-electron chi connectivity index (χ4n) is 3.97. The second-order valence-electron chi connectivity index (χ2n) is 9.11. The molecule has 0 bridgehead atoms. The molecule has 9 nitrogen and oxygen atoms in total. The Morgan fingerprint density at radius 1 is 0.919 bits per heavy atom. The van der Waals surface area contributed by atoms with E-state index in [0.29, 0.717) is 18.7 Å². The van der Waals surface area contributed by atoms with Crippen LogP contribution in [0.4, 0.5) is 16.2 Å². The van der Waals surface area contributed by atoms with Gasteiger partial charge in [0.15, 0.2) is 0 Å². The first-order valence-corrected chi connectivity index (χ1v) is 12.7. The van der Waals surface area contributed by atoms with Gasteiger partial charge in [0, 0.05) is 30.4 Å². The lowest BCUT2D eigenvalue weighted by molar-refractivity contribution is -0.139. The molecule has 0 aromatic heterocycles. The van der Waals surface area contributed by atoms with E-state index < -0.39 is 23.9 Å². The van der Waals surface area contributed by atoms with Gasteiger partial charge in [0.1, 0.15) is 12.6 Å². The molecule has 2 rings (SSSR count). The summed E-state index contributed by atoms with van der Waals surface area (Å²) < 4.78 is 0. The normalized spacial score (nSPS) is 11.5. The summed E-state index contributed by atoms with van der Waals surface area (Å²) in [6, 6.07) is 16.1. The standard InChI is InChI=1S/C28H38N4O5/c1-4-5-12-19-31(20-25(33)32(21(2)3)23-15-10-7-11-16-23)27(36)24(17-18-26(34)35)30-28(37)29-22-13-8-6-9-14-22/h6-11,13-16,21,24H,4-5,12,17-20H2,1-3H3,(H,34,35)(H2,29,30,37)/t24-/m1/s1. The van der Waals surface area contributed by atoms with Gasteiger partial charge in [-0.05, 0) is 51.0 Å². The number of nitrogens with zero attached hydrogens (tertiary/aromatic N) is 2. The summed E-state index contributed by atoms with van der Waals surface area (Å²) in [5.41, 5.74) is 1.26. The van der Waals surface area contributed by atoms with Gasteiger partial charge >= 0.3 is 12.0 Å². The maximum absolute atomic E-state index is 13.6. The molecule has 37 heavy (non-hydrogen) atoms. The Kier molecular flexibility index (Phi) is 12.1. The molecule has 0 aliphatic rings. The van der Waals surface area contributed by atoms with Crippen LogP contribution in [0.15, 0.2) is 60.7 Å². The van der Waals surface area contributed by atoms with E-state index in [0.717, 1.165) is 18.5 Å². The number of hydrogen-bond acceptors (Lipinski definition) is 4. The quantitative estimate of drug-likeness (QED) is 0.323. The molecule has 0 spiro atoms. The van der Waals surface area contributed by atoms with Crippen molar-refractivity contribution >= 4 is 35.2 Å². The van der Waals surface area contributed by atoms with Gasteiger partial charge in [-0.2, -0.15) is 0 Å². The molecule has 2 aromatic carbocycles. The summed E-state index contributed by atoms with van der Waals surface area (Å²) in [6.45, 7) is 5.99. The van der Waals surface area contributed by atoms with E-state index in [1.165, 1.54) is 4.90 Å². The van der Waals surface area contributed by atoms with Crippen molar-refractivity contribution < 1.29 is 24.3 Å². The molecule has 0 unspecified atom stereocenters. The lowest BCUT2D eigenvalue weighted by Crippen LogP contribution is -2.53. The third-order valence-electron chi connectivity index (χ3n) is 5.77. The molecule has 0 aliphatic heterocycles. The smallest absolute Gasteiger partial charge is 0.319 e. The van der Waals surface area contributed by atoms with Crippen LogP contribution in [0.5, 0.6) is 0 Å². The van der Waals surface area contributed by atoms with Gasteiger partial charge in [-0.15, -0.1) is 0 Å². The molecule has 1 atom stereocenters. The highest BCUT2D eigenvalue weighted by Crippen LogP contribution is 2.18. The van der Waals surface area contributed by atoms with Crippen molar-refractivity contribution in [2.45, 2.75) is 65.0 Å².